The van der Waals surface area contributed by atoms with Gasteiger partial charge in [-0.3, -0.25) is 0 Å². The number of nitrogens with zero attached hydrogens (tertiary/aromatic N) is 2. The Bertz CT molecular complexity index is 788. The summed E-state index contributed by atoms with van der Waals surface area (Å²) in [6.45, 7) is 0. The predicted molar refractivity (Wildman–Crippen MR) is 90.2 cm³/mol. The van der Waals surface area contributed by atoms with Crippen molar-refractivity contribution >= 4 is 50.0 Å². The normalized spacial score (nSPS) is 12.3. The molecular weight excluding hydrogens is 367 g/mol. The summed E-state index contributed by atoms with van der Waals surface area (Å²) in [5.41, 5.74) is 0.280. The van der Waals surface area contributed by atoms with Gasteiger partial charge in [0, 0.05) is 7.05 Å². The van der Waals surface area contributed by atoms with Crippen molar-refractivity contribution in [3.63, 3.8) is 0 Å². The van der Waals surface area contributed by atoms with Crippen LogP contribution in [0.1, 0.15) is 5.56 Å². The number of hydrazone groups is 1. The molecule has 8 heteroatoms. The summed E-state index contributed by atoms with van der Waals surface area (Å²) in [5, 5.41) is 4.33. The standard InChI is InChI=1S/C14H11Cl3N2O2S/c1-19(22(20,21)10-6-3-2-4-7-10)18-14(17)13-11(15)8-5-9-12(13)16/h2-9H,1H3. The minimum Gasteiger partial charge on any atom is -0.200 e. The second-order valence-electron chi connectivity index (χ2n) is 4.24. The topological polar surface area (TPSA) is 49.7 Å². The fraction of sp³-hybridized carbons (Fsp3) is 0.0714. The van der Waals surface area contributed by atoms with E-state index < -0.39 is 10.0 Å². The van der Waals surface area contributed by atoms with Gasteiger partial charge in [0.05, 0.1) is 20.5 Å². The fourth-order valence-corrected chi connectivity index (χ4v) is 3.70. The molecule has 4 nitrogen and oxygen atoms in total. The van der Waals surface area contributed by atoms with Crippen molar-refractivity contribution in [3.05, 3.63) is 64.1 Å². The molecule has 0 atom stereocenters. The summed E-state index contributed by atoms with van der Waals surface area (Å²) in [6.07, 6.45) is 0. The Morgan fingerprint density at radius 2 is 1.55 bits per heavy atom. The van der Waals surface area contributed by atoms with Crippen molar-refractivity contribution in [2.75, 3.05) is 7.05 Å². The van der Waals surface area contributed by atoms with Gasteiger partial charge in [0.1, 0.15) is 0 Å². The Morgan fingerprint density at radius 3 is 2.09 bits per heavy atom. The molecule has 2 rings (SSSR count). The van der Waals surface area contributed by atoms with Gasteiger partial charge in [0.25, 0.3) is 10.0 Å². The fourth-order valence-electron chi connectivity index (χ4n) is 1.67. The van der Waals surface area contributed by atoms with Gasteiger partial charge >= 0.3 is 0 Å². The van der Waals surface area contributed by atoms with Gasteiger partial charge in [0.15, 0.2) is 5.17 Å². The van der Waals surface area contributed by atoms with Crippen LogP contribution in [0, 0.1) is 0 Å². The number of rotatable bonds is 4. The quantitative estimate of drug-likeness (QED) is 0.592. The van der Waals surface area contributed by atoms with E-state index in [2.05, 4.69) is 5.10 Å². The highest BCUT2D eigenvalue weighted by Crippen LogP contribution is 2.27. The van der Waals surface area contributed by atoms with E-state index in [4.69, 9.17) is 34.8 Å². The van der Waals surface area contributed by atoms with E-state index in [1.54, 1.807) is 36.4 Å². The van der Waals surface area contributed by atoms with Crippen molar-refractivity contribution in [1.29, 1.82) is 0 Å². The van der Waals surface area contributed by atoms with Crippen LogP contribution in [-0.4, -0.2) is 25.1 Å². The number of hydrogen-bond acceptors (Lipinski definition) is 3. The first-order valence-corrected chi connectivity index (χ1v) is 8.64. The maximum Gasteiger partial charge on any atom is 0.278 e. The Hall–Kier alpha value is -1.27. The van der Waals surface area contributed by atoms with E-state index in [9.17, 15) is 8.42 Å². The zero-order valence-electron chi connectivity index (χ0n) is 11.4. The molecule has 0 unspecified atom stereocenters. The molecular formula is C14H11Cl3N2O2S. The Balaban J connectivity index is 2.40. The summed E-state index contributed by atoms with van der Waals surface area (Å²) in [4.78, 5) is 0.107. The highest BCUT2D eigenvalue weighted by molar-refractivity contribution is 7.89. The van der Waals surface area contributed by atoms with Crippen LogP contribution < -0.4 is 0 Å². The van der Waals surface area contributed by atoms with Crippen LogP contribution in [0.25, 0.3) is 0 Å². The van der Waals surface area contributed by atoms with Gasteiger partial charge in [-0.1, -0.05) is 59.1 Å². The van der Waals surface area contributed by atoms with Crippen LogP contribution >= 0.6 is 34.8 Å². The van der Waals surface area contributed by atoms with Gasteiger partial charge in [-0.05, 0) is 24.3 Å². The van der Waals surface area contributed by atoms with E-state index in [-0.39, 0.29) is 25.7 Å². The molecule has 0 bridgehead atoms. The Labute approximate surface area is 144 Å². The van der Waals surface area contributed by atoms with Gasteiger partial charge in [0.2, 0.25) is 0 Å². The zero-order chi connectivity index (χ0) is 16.3. The average Bonchev–Trinajstić information content (AvgIpc) is 2.47. The van der Waals surface area contributed by atoms with Crippen molar-refractivity contribution in [1.82, 2.24) is 4.41 Å². The molecule has 0 saturated carbocycles. The maximum atomic E-state index is 12.4. The van der Waals surface area contributed by atoms with Crippen molar-refractivity contribution in [2.45, 2.75) is 4.90 Å². The summed E-state index contributed by atoms with van der Waals surface area (Å²) in [6, 6.07) is 12.7. The Morgan fingerprint density at radius 1 is 1.00 bits per heavy atom. The van der Waals surface area contributed by atoms with E-state index in [0.717, 1.165) is 4.41 Å². The number of sulfonamides is 1. The minimum atomic E-state index is -3.79. The monoisotopic (exact) mass is 376 g/mol. The van der Waals surface area contributed by atoms with Gasteiger partial charge in [-0.15, -0.1) is 5.10 Å². The van der Waals surface area contributed by atoms with Crippen LogP contribution in [-0.2, 0) is 10.0 Å². The molecule has 0 aliphatic rings. The first kappa shape index (κ1) is 17.1. The molecule has 0 aromatic heterocycles. The highest BCUT2D eigenvalue weighted by Gasteiger charge is 2.20. The summed E-state index contributed by atoms with van der Waals surface area (Å²) in [7, 11) is -2.51. The van der Waals surface area contributed by atoms with E-state index in [0.29, 0.717) is 0 Å². The molecule has 0 saturated heterocycles. The average molecular weight is 378 g/mol. The molecule has 0 radical (unpaired) electrons. The molecule has 0 fully saturated rings. The van der Waals surface area contributed by atoms with E-state index in [1.807, 2.05) is 0 Å². The first-order valence-electron chi connectivity index (χ1n) is 6.06. The van der Waals surface area contributed by atoms with Crippen molar-refractivity contribution < 1.29 is 8.42 Å². The second-order valence-corrected chi connectivity index (χ2v) is 7.36. The molecule has 0 N–H and O–H groups in total. The predicted octanol–water partition coefficient (Wildman–Crippen LogP) is 4.21. The second kappa shape index (κ2) is 6.87. The van der Waals surface area contributed by atoms with Gasteiger partial charge in [-0.25, -0.2) is 0 Å². The Kier molecular flexibility index (Phi) is 5.34. The lowest BCUT2D eigenvalue weighted by Crippen LogP contribution is -2.23. The SMILES string of the molecule is CN(N=C(Cl)c1c(Cl)cccc1Cl)S(=O)(=O)c1ccccc1. The molecule has 0 aliphatic heterocycles. The highest BCUT2D eigenvalue weighted by atomic mass is 35.5. The maximum absolute atomic E-state index is 12.4. The molecule has 116 valence electrons. The van der Waals surface area contributed by atoms with Gasteiger partial charge in [-0.2, -0.15) is 12.8 Å². The van der Waals surface area contributed by atoms with Crippen LogP contribution in [0.3, 0.4) is 0 Å². The number of halogens is 3. The third-order valence-corrected chi connectivity index (χ3v) is 5.33. The minimum absolute atomic E-state index is 0.107. The van der Waals surface area contributed by atoms with Gasteiger partial charge < -0.3 is 0 Å². The third-order valence-electron chi connectivity index (χ3n) is 2.79. The molecule has 2 aromatic rings. The van der Waals surface area contributed by atoms with Crippen LogP contribution in [0.4, 0.5) is 0 Å². The molecule has 0 aliphatic carbocycles. The lowest BCUT2D eigenvalue weighted by atomic mass is 10.2. The lowest BCUT2D eigenvalue weighted by molar-refractivity contribution is 0.490. The molecule has 22 heavy (non-hydrogen) atoms. The van der Waals surface area contributed by atoms with Crippen LogP contribution in [0.5, 0.6) is 0 Å². The molecule has 0 amide bonds. The molecule has 2 aromatic carbocycles. The summed E-state index contributed by atoms with van der Waals surface area (Å²) in [5.74, 6) is 0. The van der Waals surface area contributed by atoms with Crippen LogP contribution in [0.2, 0.25) is 10.0 Å². The number of hydrogen-bond donors (Lipinski definition) is 0. The van der Waals surface area contributed by atoms with Crippen LogP contribution in [0.15, 0.2) is 58.5 Å². The number of benzene rings is 2. The van der Waals surface area contributed by atoms with E-state index in [1.165, 1.54) is 19.2 Å². The third kappa shape index (κ3) is 3.55. The van der Waals surface area contributed by atoms with E-state index >= 15 is 0 Å². The lowest BCUT2D eigenvalue weighted by Gasteiger charge is -2.15. The first-order chi connectivity index (χ1) is 10.3. The smallest absolute Gasteiger partial charge is 0.200 e. The van der Waals surface area contributed by atoms with Crippen molar-refractivity contribution in [3.8, 4) is 0 Å². The zero-order valence-corrected chi connectivity index (χ0v) is 14.5. The summed E-state index contributed by atoms with van der Waals surface area (Å²) < 4.78 is 25.5. The van der Waals surface area contributed by atoms with Crippen molar-refractivity contribution in [2.24, 2.45) is 5.10 Å². The largest absolute Gasteiger partial charge is 0.278 e. The summed E-state index contributed by atoms with van der Waals surface area (Å²) >= 11 is 18.1. The molecule has 0 spiro atoms. The molecule has 0 heterocycles.